The quantitative estimate of drug-likeness (QED) is 0.848. The first-order valence-electron chi connectivity index (χ1n) is 7.02. The summed E-state index contributed by atoms with van der Waals surface area (Å²) in [5.74, 6) is 0.104. The van der Waals surface area contributed by atoms with Crippen LogP contribution >= 0.6 is 27.3 Å². The van der Waals surface area contributed by atoms with Crippen molar-refractivity contribution >= 4 is 33.2 Å². The number of likely N-dealkylation sites (tertiary alicyclic amines) is 1. The van der Waals surface area contributed by atoms with E-state index in [9.17, 15) is 4.79 Å². The molecule has 0 spiro atoms. The third-order valence-corrected chi connectivity index (χ3v) is 5.81. The van der Waals surface area contributed by atoms with Gasteiger partial charge in [-0.3, -0.25) is 9.69 Å². The number of nitrogens with zero attached hydrogens (tertiary/aromatic N) is 1. The Balaban J connectivity index is 1.77. The number of hydrogen-bond donors (Lipinski definition) is 2. The zero-order valence-corrected chi connectivity index (χ0v) is 14.4. The van der Waals surface area contributed by atoms with Crippen molar-refractivity contribution in [1.29, 1.82) is 0 Å². The molecule has 1 atom stereocenters. The lowest BCUT2D eigenvalue weighted by atomic mass is 10.0. The summed E-state index contributed by atoms with van der Waals surface area (Å²) in [7, 11) is 1.69. The highest BCUT2D eigenvalue weighted by atomic mass is 79.9. The zero-order chi connectivity index (χ0) is 14.5. The van der Waals surface area contributed by atoms with Gasteiger partial charge >= 0.3 is 0 Å². The molecule has 1 unspecified atom stereocenters. The van der Waals surface area contributed by atoms with Crippen LogP contribution in [0.2, 0.25) is 0 Å². The largest absolute Gasteiger partial charge is 0.358 e. The Bertz CT molecular complexity index is 443. The Hall–Kier alpha value is -0.430. The second-order valence-corrected chi connectivity index (χ2v) is 7.05. The SMILES string of the molecule is CNC(=O)CN1CCC(NC(C)c2sccc2Br)CC1. The minimum Gasteiger partial charge on any atom is -0.358 e. The van der Waals surface area contributed by atoms with Crippen molar-refractivity contribution in [3.8, 4) is 0 Å². The average molecular weight is 360 g/mol. The van der Waals surface area contributed by atoms with Gasteiger partial charge in [0.2, 0.25) is 5.91 Å². The van der Waals surface area contributed by atoms with Gasteiger partial charge in [-0.05, 0) is 47.1 Å². The molecule has 6 heteroatoms. The Morgan fingerprint density at radius 3 is 2.80 bits per heavy atom. The van der Waals surface area contributed by atoms with E-state index in [1.165, 1.54) is 9.35 Å². The monoisotopic (exact) mass is 359 g/mol. The van der Waals surface area contributed by atoms with Gasteiger partial charge in [0.05, 0.1) is 6.54 Å². The molecule has 1 aliphatic rings. The minimum absolute atomic E-state index is 0.104. The number of hydrogen-bond acceptors (Lipinski definition) is 4. The molecular weight excluding hydrogens is 338 g/mol. The molecular formula is C14H22BrN3OS. The van der Waals surface area contributed by atoms with Gasteiger partial charge in [-0.15, -0.1) is 11.3 Å². The van der Waals surface area contributed by atoms with Crippen molar-refractivity contribution in [2.24, 2.45) is 0 Å². The van der Waals surface area contributed by atoms with Gasteiger partial charge in [0, 0.05) is 41.6 Å². The maximum Gasteiger partial charge on any atom is 0.233 e. The topological polar surface area (TPSA) is 44.4 Å². The second kappa shape index (κ2) is 7.54. The van der Waals surface area contributed by atoms with Crippen molar-refractivity contribution in [2.45, 2.75) is 31.8 Å². The van der Waals surface area contributed by atoms with Crippen molar-refractivity contribution in [3.63, 3.8) is 0 Å². The highest BCUT2D eigenvalue weighted by Gasteiger charge is 2.22. The molecule has 4 nitrogen and oxygen atoms in total. The van der Waals surface area contributed by atoms with Gasteiger partial charge in [0.15, 0.2) is 0 Å². The summed E-state index contributed by atoms with van der Waals surface area (Å²) >= 11 is 5.38. The lowest BCUT2D eigenvalue weighted by Crippen LogP contribution is -2.46. The van der Waals surface area contributed by atoms with Crippen molar-refractivity contribution in [3.05, 3.63) is 20.8 Å². The minimum atomic E-state index is 0.104. The van der Waals surface area contributed by atoms with Crippen LogP contribution in [0, 0.1) is 0 Å². The second-order valence-electron chi connectivity index (χ2n) is 5.24. The van der Waals surface area contributed by atoms with Crippen molar-refractivity contribution in [2.75, 3.05) is 26.7 Å². The number of halogens is 1. The molecule has 0 radical (unpaired) electrons. The Morgan fingerprint density at radius 1 is 1.55 bits per heavy atom. The van der Waals surface area contributed by atoms with Crippen LogP contribution in [-0.2, 0) is 4.79 Å². The molecule has 2 heterocycles. The van der Waals surface area contributed by atoms with Gasteiger partial charge < -0.3 is 10.6 Å². The first kappa shape index (κ1) is 15.9. The van der Waals surface area contributed by atoms with E-state index in [1.54, 1.807) is 18.4 Å². The van der Waals surface area contributed by atoms with Crippen LogP contribution in [0.4, 0.5) is 0 Å². The summed E-state index contributed by atoms with van der Waals surface area (Å²) in [4.78, 5) is 14.9. The van der Waals surface area contributed by atoms with E-state index in [0.717, 1.165) is 25.9 Å². The van der Waals surface area contributed by atoms with Gasteiger partial charge in [0.25, 0.3) is 0 Å². The number of rotatable bonds is 5. The van der Waals surface area contributed by atoms with E-state index < -0.39 is 0 Å². The molecule has 2 rings (SSSR count). The third kappa shape index (κ3) is 4.28. The predicted octanol–water partition coefficient (Wildman–Crippen LogP) is 2.37. The first-order valence-corrected chi connectivity index (χ1v) is 8.69. The molecule has 0 bridgehead atoms. The van der Waals surface area contributed by atoms with Gasteiger partial charge in [-0.2, -0.15) is 0 Å². The normalized spacial score (nSPS) is 18.9. The molecule has 112 valence electrons. The highest BCUT2D eigenvalue weighted by Crippen LogP contribution is 2.29. The maximum absolute atomic E-state index is 11.4. The standard InChI is InChI=1S/C14H22BrN3OS/c1-10(14-12(15)5-8-20-14)17-11-3-6-18(7-4-11)9-13(19)16-2/h5,8,10-11,17H,3-4,6-7,9H2,1-2H3,(H,16,19). The van der Waals surface area contributed by atoms with Crippen molar-refractivity contribution in [1.82, 2.24) is 15.5 Å². The fourth-order valence-electron chi connectivity index (χ4n) is 2.58. The van der Waals surface area contributed by atoms with Gasteiger partial charge in [0.1, 0.15) is 0 Å². The number of carbonyl (C=O) groups is 1. The smallest absolute Gasteiger partial charge is 0.233 e. The molecule has 1 saturated heterocycles. The molecule has 1 aromatic heterocycles. The van der Waals surface area contributed by atoms with Crippen LogP contribution in [0.5, 0.6) is 0 Å². The van der Waals surface area contributed by atoms with Gasteiger partial charge in [-0.25, -0.2) is 0 Å². The molecule has 1 fully saturated rings. The highest BCUT2D eigenvalue weighted by molar-refractivity contribution is 9.10. The van der Waals surface area contributed by atoms with Crippen LogP contribution in [0.25, 0.3) is 0 Å². The summed E-state index contributed by atoms with van der Waals surface area (Å²) in [6.07, 6.45) is 2.20. The summed E-state index contributed by atoms with van der Waals surface area (Å²) in [5, 5.41) is 8.50. The molecule has 1 amide bonds. The number of thiophene rings is 1. The number of likely N-dealkylation sites (N-methyl/N-ethyl adjacent to an activating group) is 1. The molecule has 20 heavy (non-hydrogen) atoms. The van der Waals surface area contributed by atoms with Crippen LogP contribution in [0.3, 0.4) is 0 Å². The fourth-order valence-corrected chi connectivity index (χ4v) is 4.32. The number of nitrogens with one attached hydrogen (secondary N) is 2. The number of carbonyl (C=O) groups excluding carboxylic acids is 1. The van der Waals surface area contributed by atoms with Crippen LogP contribution < -0.4 is 10.6 Å². The lowest BCUT2D eigenvalue weighted by Gasteiger charge is -2.33. The molecule has 2 N–H and O–H groups in total. The fraction of sp³-hybridized carbons (Fsp3) is 0.643. The van der Waals surface area contributed by atoms with E-state index in [1.807, 2.05) is 0 Å². The number of piperidine rings is 1. The van der Waals surface area contributed by atoms with E-state index in [-0.39, 0.29) is 5.91 Å². The predicted molar refractivity (Wildman–Crippen MR) is 87.1 cm³/mol. The van der Waals surface area contributed by atoms with Gasteiger partial charge in [-0.1, -0.05) is 0 Å². The first-order chi connectivity index (χ1) is 9.60. The summed E-state index contributed by atoms with van der Waals surface area (Å²) in [5.41, 5.74) is 0. The maximum atomic E-state index is 11.4. The molecule has 0 aliphatic carbocycles. The summed E-state index contributed by atoms with van der Waals surface area (Å²) in [6, 6.07) is 3.02. The molecule has 1 aliphatic heterocycles. The number of amides is 1. The van der Waals surface area contributed by atoms with E-state index in [4.69, 9.17) is 0 Å². The molecule has 0 aromatic carbocycles. The third-order valence-electron chi connectivity index (χ3n) is 3.76. The lowest BCUT2D eigenvalue weighted by molar-refractivity contribution is -0.122. The summed E-state index contributed by atoms with van der Waals surface area (Å²) in [6.45, 7) is 4.72. The molecule has 0 saturated carbocycles. The van der Waals surface area contributed by atoms with E-state index in [2.05, 4.69) is 49.8 Å². The van der Waals surface area contributed by atoms with E-state index in [0.29, 0.717) is 18.6 Å². The van der Waals surface area contributed by atoms with Crippen molar-refractivity contribution < 1.29 is 4.79 Å². The van der Waals surface area contributed by atoms with Crippen LogP contribution in [0.15, 0.2) is 15.9 Å². The van der Waals surface area contributed by atoms with Crippen LogP contribution in [0.1, 0.15) is 30.7 Å². The van der Waals surface area contributed by atoms with E-state index >= 15 is 0 Å². The Kier molecular flexibility index (Phi) is 6.01. The average Bonchev–Trinajstić information content (AvgIpc) is 2.87. The summed E-state index contributed by atoms with van der Waals surface area (Å²) < 4.78 is 1.19. The zero-order valence-electron chi connectivity index (χ0n) is 12.0. The van der Waals surface area contributed by atoms with Crippen LogP contribution in [-0.4, -0.2) is 43.5 Å². The Labute approximate surface area is 133 Å². The molecule has 1 aromatic rings. The Morgan fingerprint density at radius 2 is 2.25 bits per heavy atom.